The third-order valence-corrected chi connectivity index (χ3v) is 4.25. The highest BCUT2D eigenvalue weighted by Gasteiger charge is 2.12. The van der Waals surface area contributed by atoms with Gasteiger partial charge >= 0.3 is 0 Å². The molecule has 0 atom stereocenters. The molecule has 1 saturated heterocycles. The fourth-order valence-electron chi connectivity index (χ4n) is 2.26. The summed E-state index contributed by atoms with van der Waals surface area (Å²) < 4.78 is 33.2. The average molecular weight is 314 g/mol. The Morgan fingerprint density at radius 3 is 2.33 bits per heavy atom. The molecule has 0 bridgehead atoms. The maximum Gasteiger partial charge on any atom is 0.124 e. The van der Waals surface area contributed by atoms with E-state index in [1.165, 1.54) is 12.1 Å². The molecule has 1 aromatic rings. The summed E-state index contributed by atoms with van der Waals surface area (Å²) in [4.78, 5) is 1.79. The van der Waals surface area contributed by atoms with Gasteiger partial charge in [0.15, 0.2) is 0 Å². The van der Waals surface area contributed by atoms with Gasteiger partial charge in [-0.15, -0.1) is 0 Å². The van der Waals surface area contributed by atoms with Crippen LogP contribution in [0.4, 0.5) is 0 Å². The van der Waals surface area contributed by atoms with Crippen molar-refractivity contribution in [2.24, 2.45) is 0 Å². The van der Waals surface area contributed by atoms with Crippen molar-refractivity contribution in [2.75, 3.05) is 39.3 Å². The van der Waals surface area contributed by atoms with Crippen molar-refractivity contribution in [1.82, 2.24) is 15.5 Å². The fourth-order valence-corrected chi connectivity index (χ4v) is 2.78. The standard InChI is InChI=1S/C13H21N3O4S/c17-13-2-1-12(21(18,19)20)9-11(13)10-16-7-5-14-3-4-15-6-8-16/h1-2,9,14-15,17H,3-8,10H2,(H,18,19,20)/p-1. The Bertz CT molecular complexity index is 567. The highest BCUT2D eigenvalue weighted by molar-refractivity contribution is 7.85. The number of benzene rings is 1. The molecule has 1 heterocycles. The number of hydrogen-bond acceptors (Lipinski definition) is 7. The van der Waals surface area contributed by atoms with Gasteiger partial charge in [-0.25, -0.2) is 8.42 Å². The number of rotatable bonds is 3. The van der Waals surface area contributed by atoms with Crippen LogP contribution in [0.2, 0.25) is 0 Å². The molecule has 1 aliphatic rings. The molecule has 2 rings (SSSR count). The van der Waals surface area contributed by atoms with Gasteiger partial charge in [0.05, 0.1) is 4.90 Å². The Kier molecular flexibility index (Phi) is 5.54. The van der Waals surface area contributed by atoms with Gasteiger partial charge in [-0.05, 0) is 18.2 Å². The van der Waals surface area contributed by atoms with E-state index in [9.17, 15) is 18.1 Å². The van der Waals surface area contributed by atoms with E-state index in [1.807, 2.05) is 0 Å². The largest absolute Gasteiger partial charge is 0.744 e. The maximum absolute atomic E-state index is 11.1. The smallest absolute Gasteiger partial charge is 0.124 e. The van der Waals surface area contributed by atoms with Crippen LogP contribution in [0.3, 0.4) is 0 Å². The molecule has 0 spiro atoms. The van der Waals surface area contributed by atoms with E-state index >= 15 is 0 Å². The lowest BCUT2D eigenvalue weighted by molar-refractivity contribution is 0.268. The van der Waals surface area contributed by atoms with E-state index in [4.69, 9.17) is 0 Å². The molecule has 0 saturated carbocycles. The molecular formula is C13H20N3O4S-. The van der Waals surface area contributed by atoms with E-state index < -0.39 is 10.1 Å². The van der Waals surface area contributed by atoms with Crippen LogP contribution in [0.1, 0.15) is 5.56 Å². The predicted octanol–water partition coefficient (Wildman–Crippen LogP) is -0.709. The van der Waals surface area contributed by atoms with Gasteiger partial charge < -0.3 is 20.3 Å². The van der Waals surface area contributed by atoms with Gasteiger partial charge in [-0.1, -0.05) is 0 Å². The first-order valence-electron chi connectivity index (χ1n) is 6.88. The van der Waals surface area contributed by atoms with Crippen LogP contribution in [0.25, 0.3) is 0 Å². The molecule has 1 aromatic carbocycles. The zero-order chi connectivity index (χ0) is 15.3. The fraction of sp³-hybridized carbons (Fsp3) is 0.538. The average Bonchev–Trinajstić information content (AvgIpc) is 2.54. The van der Waals surface area contributed by atoms with Crippen LogP contribution in [0.15, 0.2) is 23.1 Å². The predicted molar refractivity (Wildman–Crippen MR) is 77.1 cm³/mol. The Hall–Kier alpha value is -1.19. The molecule has 8 heteroatoms. The van der Waals surface area contributed by atoms with Crippen LogP contribution >= 0.6 is 0 Å². The van der Waals surface area contributed by atoms with Gasteiger partial charge in [-0.3, -0.25) is 4.90 Å². The molecular weight excluding hydrogens is 294 g/mol. The molecule has 1 fully saturated rings. The summed E-state index contributed by atoms with van der Waals surface area (Å²) in [6.07, 6.45) is 0. The molecule has 0 amide bonds. The maximum atomic E-state index is 11.1. The lowest BCUT2D eigenvalue weighted by Crippen LogP contribution is -2.33. The van der Waals surface area contributed by atoms with E-state index in [2.05, 4.69) is 15.5 Å². The minimum atomic E-state index is -4.51. The van der Waals surface area contributed by atoms with Crippen LogP contribution in [0.5, 0.6) is 5.75 Å². The lowest BCUT2D eigenvalue weighted by atomic mass is 10.2. The number of nitrogens with zero attached hydrogens (tertiary/aromatic N) is 1. The van der Waals surface area contributed by atoms with Gasteiger partial charge in [0.25, 0.3) is 0 Å². The summed E-state index contributed by atoms with van der Waals surface area (Å²) >= 11 is 0. The van der Waals surface area contributed by atoms with Crippen molar-refractivity contribution >= 4 is 10.1 Å². The van der Waals surface area contributed by atoms with E-state index in [0.717, 1.165) is 45.3 Å². The second-order valence-corrected chi connectivity index (χ2v) is 6.40. The summed E-state index contributed by atoms with van der Waals surface area (Å²) in [5.41, 5.74) is 0.450. The monoisotopic (exact) mass is 314 g/mol. The number of hydrogen-bond donors (Lipinski definition) is 3. The topological polar surface area (TPSA) is 105 Å². The Morgan fingerprint density at radius 2 is 1.76 bits per heavy atom. The molecule has 7 nitrogen and oxygen atoms in total. The molecule has 0 aliphatic carbocycles. The van der Waals surface area contributed by atoms with Crippen molar-refractivity contribution in [2.45, 2.75) is 11.4 Å². The molecule has 1 aliphatic heterocycles. The van der Waals surface area contributed by atoms with Crippen LogP contribution in [-0.4, -0.2) is 62.2 Å². The summed E-state index contributed by atoms with van der Waals surface area (Å²) in [7, 11) is -4.51. The number of nitrogens with one attached hydrogen (secondary N) is 2. The van der Waals surface area contributed by atoms with Gasteiger partial charge in [-0.2, -0.15) is 0 Å². The Labute approximate surface area is 124 Å². The van der Waals surface area contributed by atoms with Crippen molar-refractivity contribution in [3.8, 4) is 5.75 Å². The highest BCUT2D eigenvalue weighted by atomic mass is 32.2. The summed E-state index contributed by atoms with van der Waals surface area (Å²) in [6, 6.07) is 3.64. The highest BCUT2D eigenvalue weighted by Crippen LogP contribution is 2.22. The summed E-state index contributed by atoms with van der Waals surface area (Å²) in [6.45, 7) is 5.43. The summed E-state index contributed by atoms with van der Waals surface area (Å²) in [5, 5.41) is 16.4. The molecule has 21 heavy (non-hydrogen) atoms. The number of phenols is 1. The first-order valence-corrected chi connectivity index (χ1v) is 8.29. The molecule has 118 valence electrons. The SMILES string of the molecule is O=S(=O)([O-])c1ccc(O)c(CN2CCNCCNCC2)c1. The van der Waals surface area contributed by atoms with Crippen molar-refractivity contribution < 1.29 is 18.1 Å². The number of aromatic hydroxyl groups is 1. The molecule has 0 radical (unpaired) electrons. The van der Waals surface area contributed by atoms with Gasteiger partial charge in [0.2, 0.25) is 0 Å². The zero-order valence-electron chi connectivity index (χ0n) is 11.7. The molecule has 0 aromatic heterocycles. The normalized spacial score (nSPS) is 18.7. The lowest BCUT2D eigenvalue weighted by Gasteiger charge is -2.22. The zero-order valence-corrected chi connectivity index (χ0v) is 12.5. The Balaban J connectivity index is 2.13. The second kappa shape index (κ2) is 7.19. The van der Waals surface area contributed by atoms with E-state index in [1.54, 1.807) is 0 Å². The third-order valence-electron chi connectivity index (χ3n) is 3.42. The van der Waals surface area contributed by atoms with Crippen LogP contribution < -0.4 is 10.6 Å². The van der Waals surface area contributed by atoms with E-state index in [0.29, 0.717) is 12.1 Å². The van der Waals surface area contributed by atoms with Crippen molar-refractivity contribution in [3.63, 3.8) is 0 Å². The van der Waals surface area contributed by atoms with Gasteiger partial charge in [0.1, 0.15) is 15.9 Å². The van der Waals surface area contributed by atoms with Gasteiger partial charge in [0, 0.05) is 51.4 Å². The van der Waals surface area contributed by atoms with Crippen molar-refractivity contribution in [3.05, 3.63) is 23.8 Å². The quantitative estimate of drug-likeness (QED) is 0.633. The molecule has 3 N–H and O–H groups in total. The van der Waals surface area contributed by atoms with Crippen molar-refractivity contribution in [1.29, 1.82) is 0 Å². The van der Waals surface area contributed by atoms with E-state index in [-0.39, 0.29) is 10.6 Å². The molecule has 0 unspecified atom stereocenters. The minimum Gasteiger partial charge on any atom is -0.744 e. The van der Waals surface area contributed by atoms with Crippen LogP contribution in [-0.2, 0) is 16.7 Å². The Morgan fingerprint density at radius 1 is 1.14 bits per heavy atom. The number of phenolic OH excluding ortho intramolecular Hbond substituents is 1. The minimum absolute atomic E-state index is 0.00295. The van der Waals surface area contributed by atoms with Crippen LogP contribution in [0, 0.1) is 0 Å². The first kappa shape index (κ1) is 16.2. The third kappa shape index (κ3) is 4.94. The second-order valence-electron chi connectivity index (χ2n) is 5.02. The summed E-state index contributed by atoms with van der Waals surface area (Å²) in [5.74, 6) is 0.00295. The first-order chi connectivity index (χ1) is 9.97.